The predicted molar refractivity (Wildman–Crippen MR) is 66.9 cm³/mol. The second kappa shape index (κ2) is 6.02. The molecule has 0 aromatic carbocycles. The van der Waals surface area contributed by atoms with Crippen molar-refractivity contribution in [2.75, 3.05) is 13.1 Å². The van der Waals surface area contributed by atoms with Crippen molar-refractivity contribution in [3.63, 3.8) is 0 Å². The molecular formula is C13H20N2O3. The largest absolute Gasteiger partial charge is 0.454 e. The molecule has 1 aromatic rings. The highest BCUT2D eigenvalue weighted by Gasteiger charge is 2.16. The summed E-state index contributed by atoms with van der Waals surface area (Å²) in [5, 5.41) is 0. The SMILES string of the molecule is CC(C)ONC(=O)c1ccc(CN2CCCC2)o1. The Morgan fingerprint density at radius 2 is 2.17 bits per heavy atom. The van der Waals surface area contributed by atoms with E-state index in [2.05, 4.69) is 10.4 Å². The van der Waals surface area contributed by atoms with Gasteiger partial charge >= 0.3 is 5.91 Å². The van der Waals surface area contributed by atoms with Crippen molar-refractivity contribution in [2.45, 2.75) is 39.3 Å². The summed E-state index contributed by atoms with van der Waals surface area (Å²) in [4.78, 5) is 19.0. The lowest BCUT2D eigenvalue weighted by Gasteiger charge is -2.11. The van der Waals surface area contributed by atoms with Crippen LogP contribution in [0.15, 0.2) is 16.5 Å². The minimum Gasteiger partial charge on any atom is -0.454 e. The van der Waals surface area contributed by atoms with Gasteiger partial charge in [-0.3, -0.25) is 14.5 Å². The summed E-state index contributed by atoms with van der Waals surface area (Å²) < 4.78 is 5.51. The number of carbonyl (C=O) groups is 1. The third kappa shape index (κ3) is 3.58. The van der Waals surface area contributed by atoms with Gasteiger partial charge in [-0.1, -0.05) is 0 Å². The maximum atomic E-state index is 11.7. The van der Waals surface area contributed by atoms with E-state index in [1.54, 1.807) is 6.07 Å². The van der Waals surface area contributed by atoms with E-state index in [9.17, 15) is 4.79 Å². The van der Waals surface area contributed by atoms with E-state index in [-0.39, 0.29) is 12.0 Å². The maximum Gasteiger partial charge on any atom is 0.310 e. The Morgan fingerprint density at radius 3 is 2.83 bits per heavy atom. The van der Waals surface area contributed by atoms with Crippen molar-refractivity contribution in [1.82, 2.24) is 10.4 Å². The number of likely N-dealkylation sites (tertiary alicyclic amines) is 1. The number of furan rings is 1. The van der Waals surface area contributed by atoms with E-state index >= 15 is 0 Å². The lowest BCUT2D eigenvalue weighted by Crippen LogP contribution is -2.26. The molecule has 0 aliphatic carbocycles. The van der Waals surface area contributed by atoms with Crippen molar-refractivity contribution in [3.8, 4) is 0 Å². The number of nitrogens with zero attached hydrogens (tertiary/aromatic N) is 1. The highest BCUT2D eigenvalue weighted by Crippen LogP contribution is 2.15. The molecule has 0 saturated carbocycles. The Balaban J connectivity index is 1.86. The smallest absolute Gasteiger partial charge is 0.310 e. The van der Waals surface area contributed by atoms with Crippen LogP contribution in [0.5, 0.6) is 0 Å². The van der Waals surface area contributed by atoms with Crippen LogP contribution >= 0.6 is 0 Å². The zero-order chi connectivity index (χ0) is 13.0. The Bertz CT molecular complexity index is 395. The average molecular weight is 252 g/mol. The van der Waals surface area contributed by atoms with Crippen LogP contribution in [0.25, 0.3) is 0 Å². The Morgan fingerprint density at radius 1 is 1.44 bits per heavy atom. The Hall–Kier alpha value is -1.33. The van der Waals surface area contributed by atoms with Crippen LogP contribution < -0.4 is 5.48 Å². The van der Waals surface area contributed by atoms with Gasteiger partial charge in [-0.25, -0.2) is 5.48 Å². The first-order valence-corrected chi connectivity index (χ1v) is 6.42. The van der Waals surface area contributed by atoms with Crippen molar-refractivity contribution >= 4 is 5.91 Å². The van der Waals surface area contributed by atoms with Crippen LogP contribution in [0.2, 0.25) is 0 Å². The van der Waals surface area contributed by atoms with Gasteiger partial charge in [-0.05, 0) is 51.9 Å². The molecular weight excluding hydrogens is 232 g/mol. The first kappa shape index (κ1) is 13.1. The fourth-order valence-electron chi connectivity index (χ4n) is 1.97. The number of nitrogens with one attached hydrogen (secondary N) is 1. The van der Waals surface area contributed by atoms with Crippen molar-refractivity contribution in [1.29, 1.82) is 0 Å². The predicted octanol–water partition coefficient (Wildman–Crippen LogP) is 1.95. The molecule has 0 bridgehead atoms. The van der Waals surface area contributed by atoms with E-state index < -0.39 is 0 Å². The van der Waals surface area contributed by atoms with Crippen molar-refractivity contribution in [3.05, 3.63) is 23.7 Å². The Labute approximate surface area is 107 Å². The molecule has 100 valence electrons. The molecule has 5 heteroatoms. The molecule has 1 fully saturated rings. The standard InChI is InChI=1S/C13H20N2O3/c1-10(2)18-14-13(16)12-6-5-11(17-12)9-15-7-3-4-8-15/h5-6,10H,3-4,7-9H2,1-2H3,(H,14,16). The van der Waals surface area contributed by atoms with Crippen LogP contribution in [0.1, 0.15) is 43.0 Å². The van der Waals surface area contributed by atoms with E-state index in [4.69, 9.17) is 9.25 Å². The summed E-state index contributed by atoms with van der Waals surface area (Å²) in [7, 11) is 0. The monoisotopic (exact) mass is 252 g/mol. The van der Waals surface area contributed by atoms with Crippen LogP contribution in [0.3, 0.4) is 0 Å². The van der Waals surface area contributed by atoms with E-state index in [0.29, 0.717) is 5.76 Å². The second-order valence-corrected chi connectivity index (χ2v) is 4.85. The van der Waals surface area contributed by atoms with E-state index in [0.717, 1.165) is 25.4 Å². The number of amides is 1. The van der Waals surface area contributed by atoms with Crippen LogP contribution in [0.4, 0.5) is 0 Å². The van der Waals surface area contributed by atoms with Gasteiger partial charge in [0.1, 0.15) is 5.76 Å². The molecule has 0 atom stereocenters. The maximum absolute atomic E-state index is 11.7. The molecule has 2 heterocycles. The van der Waals surface area contributed by atoms with E-state index in [1.165, 1.54) is 12.8 Å². The average Bonchev–Trinajstić information content (AvgIpc) is 2.98. The number of rotatable bonds is 5. The highest BCUT2D eigenvalue weighted by molar-refractivity contribution is 5.90. The molecule has 1 aromatic heterocycles. The first-order valence-electron chi connectivity index (χ1n) is 6.42. The number of hydrogen-bond donors (Lipinski definition) is 1. The second-order valence-electron chi connectivity index (χ2n) is 4.85. The molecule has 1 N–H and O–H groups in total. The van der Waals surface area contributed by atoms with E-state index in [1.807, 2.05) is 19.9 Å². The summed E-state index contributed by atoms with van der Waals surface area (Å²) in [5.41, 5.74) is 2.36. The molecule has 1 saturated heterocycles. The summed E-state index contributed by atoms with van der Waals surface area (Å²) in [5.74, 6) is 0.785. The molecule has 0 spiro atoms. The molecule has 0 unspecified atom stereocenters. The fourth-order valence-corrected chi connectivity index (χ4v) is 1.97. The first-order chi connectivity index (χ1) is 8.65. The van der Waals surface area contributed by atoms with Crippen molar-refractivity contribution in [2.24, 2.45) is 0 Å². The normalized spacial score (nSPS) is 16.4. The molecule has 18 heavy (non-hydrogen) atoms. The summed E-state index contributed by atoms with van der Waals surface area (Å²) in [6, 6.07) is 3.53. The molecule has 0 radical (unpaired) electrons. The topological polar surface area (TPSA) is 54.7 Å². The lowest BCUT2D eigenvalue weighted by atomic mass is 10.4. The summed E-state index contributed by atoms with van der Waals surface area (Å²) in [6.45, 7) is 6.69. The minimum absolute atomic E-state index is 0.0482. The van der Waals surface area contributed by atoms with Gasteiger partial charge in [0.05, 0.1) is 12.6 Å². The third-order valence-corrected chi connectivity index (χ3v) is 2.85. The number of hydrogen-bond acceptors (Lipinski definition) is 4. The highest BCUT2D eigenvalue weighted by atomic mass is 16.7. The fraction of sp³-hybridized carbons (Fsp3) is 0.615. The van der Waals surface area contributed by atoms with Crippen LogP contribution in [0, 0.1) is 0 Å². The molecule has 1 aliphatic rings. The van der Waals surface area contributed by atoms with Gasteiger partial charge in [0.25, 0.3) is 0 Å². The van der Waals surface area contributed by atoms with Crippen LogP contribution in [-0.2, 0) is 11.4 Å². The molecule has 5 nitrogen and oxygen atoms in total. The van der Waals surface area contributed by atoms with Gasteiger partial charge in [-0.15, -0.1) is 0 Å². The summed E-state index contributed by atoms with van der Waals surface area (Å²) in [6.07, 6.45) is 2.44. The molecule has 1 aliphatic heterocycles. The zero-order valence-electron chi connectivity index (χ0n) is 10.9. The van der Waals surface area contributed by atoms with Gasteiger partial charge in [-0.2, -0.15) is 0 Å². The Kier molecular flexibility index (Phi) is 4.38. The van der Waals surface area contributed by atoms with Gasteiger partial charge in [0, 0.05) is 0 Å². The number of carbonyl (C=O) groups excluding carboxylic acids is 1. The quantitative estimate of drug-likeness (QED) is 0.814. The minimum atomic E-state index is -0.337. The zero-order valence-corrected chi connectivity index (χ0v) is 10.9. The van der Waals surface area contributed by atoms with Gasteiger partial charge < -0.3 is 4.42 Å². The molecule has 1 amide bonds. The van der Waals surface area contributed by atoms with Crippen LogP contribution in [-0.4, -0.2) is 30.0 Å². The summed E-state index contributed by atoms with van der Waals surface area (Å²) >= 11 is 0. The van der Waals surface area contributed by atoms with Crippen molar-refractivity contribution < 1.29 is 14.0 Å². The molecule has 2 rings (SSSR count). The lowest BCUT2D eigenvalue weighted by molar-refractivity contribution is -0.00156. The number of hydroxylamine groups is 1. The third-order valence-electron chi connectivity index (χ3n) is 2.85. The van der Waals surface area contributed by atoms with Gasteiger partial charge in [0.2, 0.25) is 0 Å². The van der Waals surface area contributed by atoms with Gasteiger partial charge in [0.15, 0.2) is 5.76 Å².